The molecule has 1 aromatic heterocycles. The van der Waals surface area contributed by atoms with Gasteiger partial charge in [-0.2, -0.15) is 0 Å². The first-order valence-electron chi connectivity index (χ1n) is 10.2. The minimum atomic E-state index is -1.00. The molecule has 3 aromatic rings. The van der Waals surface area contributed by atoms with Crippen LogP contribution < -0.4 is 0 Å². The molecule has 0 aliphatic carbocycles. The Morgan fingerprint density at radius 2 is 1.48 bits per heavy atom. The van der Waals surface area contributed by atoms with E-state index in [0.29, 0.717) is 16.9 Å². The second-order valence-corrected chi connectivity index (χ2v) is 8.34. The van der Waals surface area contributed by atoms with Gasteiger partial charge < -0.3 is 24.1 Å². The molecular formula is C24H22BrNO5. The van der Waals surface area contributed by atoms with Gasteiger partial charge >= 0.3 is 0 Å². The van der Waals surface area contributed by atoms with E-state index in [0.717, 1.165) is 11.1 Å². The molecule has 6 atom stereocenters. The summed E-state index contributed by atoms with van der Waals surface area (Å²) in [6, 6.07) is 24.8. The molecule has 0 amide bonds. The number of nitrogens with zero attached hydrogens (tertiary/aromatic N) is 1. The van der Waals surface area contributed by atoms with Crippen LogP contribution in [0.2, 0.25) is 0 Å². The molecule has 0 bridgehead atoms. The second kappa shape index (κ2) is 9.16. The van der Waals surface area contributed by atoms with Gasteiger partial charge in [0.2, 0.25) is 0 Å². The molecule has 0 saturated carbocycles. The zero-order valence-corrected chi connectivity index (χ0v) is 18.2. The van der Waals surface area contributed by atoms with Crippen molar-refractivity contribution in [3.63, 3.8) is 0 Å². The van der Waals surface area contributed by atoms with Crippen molar-refractivity contribution < 1.29 is 24.1 Å². The van der Waals surface area contributed by atoms with E-state index in [4.69, 9.17) is 18.9 Å². The van der Waals surface area contributed by atoms with E-state index >= 15 is 0 Å². The van der Waals surface area contributed by atoms with Crippen LogP contribution in [0.15, 0.2) is 83.5 Å². The predicted molar refractivity (Wildman–Crippen MR) is 116 cm³/mol. The van der Waals surface area contributed by atoms with E-state index in [1.807, 2.05) is 72.8 Å². The number of aliphatic hydroxyl groups excluding tert-OH is 1. The lowest BCUT2D eigenvalue weighted by Gasteiger charge is -2.47. The molecule has 1 N–H and O–H groups in total. The van der Waals surface area contributed by atoms with Gasteiger partial charge in [-0.1, -0.05) is 66.7 Å². The number of aliphatic hydroxyl groups is 1. The van der Waals surface area contributed by atoms with Crippen LogP contribution in [0.3, 0.4) is 0 Å². The van der Waals surface area contributed by atoms with E-state index in [9.17, 15) is 5.11 Å². The maximum absolute atomic E-state index is 11.2. The number of benzene rings is 2. The Kier molecular flexibility index (Phi) is 6.13. The highest BCUT2D eigenvalue weighted by atomic mass is 79.9. The lowest BCUT2D eigenvalue weighted by atomic mass is 9.97. The zero-order valence-electron chi connectivity index (χ0n) is 16.6. The van der Waals surface area contributed by atoms with Crippen molar-refractivity contribution in [1.29, 1.82) is 0 Å². The molecule has 7 heteroatoms. The van der Waals surface area contributed by atoms with Crippen LogP contribution in [-0.2, 0) is 18.9 Å². The summed E-state index contributed by atoms with van der Waals surface area (Å²) in [4.78, 5) is 4.42. The van der Waals surface area contributed by atoms with E-state index in [-0.39, 0.29) is 0 Å². The fourth-order valence-corrected chi connectivity index (χ4v) is 4.28. The summed E-state index contributed by atoms with van der Waals surface area (Å²) in [5.74, 6) is 0. The Bertz CT molecular complexity index is 1010. The van der Waals surface area contributed by atoms with Crippen molar-refractivity contribution in [2.75, 3.05) is 6.61 Å². The van der Waals surface area contributed by atoms with Crippen LogP contribution in [0.25, 0.3) is 0 Å². The predicted octanol–water partition coefficient (Wildman–Crippen LogP) is 4.47. The van der Waals surface area contributed by atoms with Crippen LogP contribution in [0.4, 0.5) is 0 Å². The molecular weight excluding hydrogens is 462 g/mol. The van der Waals surface area contributed by atoms with Crippen LogP contribution in [0, 0.1) is 0 Å². The monoisotopic (exact) mass is 483 g/mol. The average molecular weight is 484 g/mol. The third-order valence-corrected chi connectivity index (χ3v) is 5.90. The molecule has 6 nitrogen and oxygen atoms in total. The largest absolute Gasteiger partial charge is 0.384 e. The number of pyridine rings is 1. The number of fused-ring (bicyclic) bond motifs is 1. The molecule has 0 radical (unpaired) electrons. The number of rotatable bonds is 4. The van der Waals surface area contributed by atoms with Crippen molar-refractivity contribution in [3.05, 3.63) is 100 Å². The molecule has 2 aromatic carbocycles. The Morgan fingerprint density at radius 1 is 0.806 bits per heavy atom. The van der Waals surface area contributed by atoms with Gasteiger partial charge in [0.15, 0.2) is 12.6 Å². The van der Waals surface area contributed by atoms with Gasteiger partial charge in [0.25, 0.3) is 0 Å². The highest BCUT2D eigenvalue weighted by Gasteiger charge is 2.48. The number of aromatic nitrogens is 1. The molecule has 3 heterocycles. The van der Waals surface area contributed by atoms with E-state index in [2.05, 4.69) is 20.9 Å². The Balaban J connectivity index is 1.45. The van der Waals surface area contributed by atoms with Gasteiger partial charge in [0, 0.05) is 11.1 Å². The second-order valence-electron chi connectivity index (χ2n) is 7.52. The number of hydrogen-bond donors (Lipinski definition) is 1. The van der Waals surface area contributed by atoms with Crippen LogP contribution >= 0.6 is 15.9 Å². The summed E-state index contributed by atoms with van der Waals surface area (Å²) < 4.78 is 25.3. The number of ether oxygens (including phenoxy) is 4. The Labute approximate surface area is 188 Å². The topological polar surface area (TPSA) is 70.0 Å². The van der Waals surface area contributed by atoms with Crippen LogP contribution in [-0.4, -0.2) is 35.0 Å². The van der Waals surface area contributed by atoms with Gasteiger partial charge in [0.1, 0.15) is 29.0 Å². The maximum atomic E-state index is 11.2. The summed E-state index contributed by atoms with van der Waals surface area (Å²) in [5.41, 5.74) is 2.27. The molecule has 2 aliphatic rings. The smallest absolute Gasteiger partial charge is 0.184 e. The van der Waals surface area contributed by atoms with Gasteiger partial charge in [-0.15, -0.1) is 0 Å². The maximum Gasteiger partial charge on any atom is 0.184 e. The van der Waals surface area contributed by atoms with E-state index < -0.39 is 37.0 Å². The van der Waals surface area contributed by atoms with Crippen LogP contribution in [0.5, 0.6) is 0 Å². The van der Waals surface area contributed by atoms with E-state index in [1.165, 1.54) is 0 Å². The third kappa shape index (κ3) is 4.43. The summed E-state index contributed by atoms with van der Waals surface area (Å²) in [6.45, 7) is 0.325. The lowest BCUT2D eigenvalue weighted by molar-refractivity contribution is -0.373. The molecule has 0 spiro atoms. The first-order valence-corrected chi connectivity index (χ1v) is 11.0. The number of hydrogen-bond acceptors (Lipinski definition) is 6. The van der Waals surface area contributed by atoms with Crippen molar-refractivity contribution in [1.82, 2.24) is 4.98 Å². The summed E-state index contributed by atoms with van der Waals surface area (Å²) in [6.07, 6.45) is -3.83. The van der Waals surface area contributed by atoms with Crippen molar-refractivity contribution in [2.45, 2.75) is 37.0 Å². The Hall–Kier alpha value is -2.13. The van der Waals surface area contributed by atoms with Crippen molar-refractivity contribution in [3.8, 4) is 0 Å². The molecule has 2 unspecified atom stereocenters. The van der Waals surface area contributed by atoms with Crippen molar-refractivity contribution >= 4 is 15.9 Å². The zero-order chi connectivity index (χ0) is 21.2. The quantitative estimate of drug-likeness (QED) is 0.551. The average Bonchev–Trinajstić information content (AvgIpc) is 2.83. The highest BCUT2D eigenvalue weighted by Crippen LogP contribution is 2.41. The fourth-order valence-electron chi connectivity index (χ4n) is 3.93. The standard InChI is InChI=1S/C24H22BrNO5/c25-19-13-7-12-17(26-19)20(27)22-21-18(29-24(31-22)16-10-5-2-6-11-16)14-28-23(30-21)15-8-3-1-4-9-15/h1-13,18,20-24,27H,14H2/t18-,20+,21-,22+,23?,24?/m1/s1. The minimum Gasteiger partial charge on any atom is -0.384 e. The van der Waals surface area contributed by atoms with Crippen molar-refractivity contribution in [2.24, 2.45) is 0 Å². The van der Waals surface area contributed by atoms with Gasteiger partial charge in [-0.05, 0) is 28.1 Å². The molecule has 2 saturated heterocycles. The number of halogens is 1. The van der Waals surface area contributed by atoms with Gasteiger partial charge in [-0.3, -0.25) is 0 Å². The molecule has 31 heavy (non-hydrogen) atoms. The minimum absolute atomic E-state index is 0.325. The lowest BCUT2D eigenvalue weighted by Crippen LogP contribution is -2.56. The fraction of sp³-hybridized carbons (Fsp3) is 0.292. The first kappa shape index (κ1) is 20.8. The van der Waals surface area contributed by atoms with E-state index in [1.54, 1.807) is 6.07 Å². The van der Waals surface area contributed by atoms with Gasteiger partial charge in [-0.25, -0.2) is 4.98 Å². The summed E-state index contributed by atoms with van der Waals surface area (Å²) in [5, 5.41) is 11.2. The molecule has 2 aliphatic heterocycles. The Morgan fingerprint density at radius 3 is 2.16 bits per heavy atom. The SMILES string of the molecule is O[C@@H](c1cccc(Br)n1)[C@@H]1OC(c2ccccc2)O[C@@H]2COC(c3ccccc3)O[C@@H]12. The first-order chi connectivity index (χ1) is 15.2. The summed E-state index contributed by atoms with van der Waals surface area (Å²) >= 11 is 3.37. The van der Waals surface area contributed by atoms with Crippen LogP contribution in [0.1, 0.15) is 35.5 Å². The highest BCUT2D eigenvalue weighted by molar-refractivity contribution is 9.10. The molecule has 2 fully saturated rings. The molecule has 160 valence electrons. The normalized spacial score (nSPS) is 29.2. The summed E-state index contributed by atoms with van der Waals surface area (Å²) in [7, 11) is 0. The van der Waals surface area contributed by atoms with Gasteiger partial charge in [0.05, 0.1) is 12.3 Å². The molecule has 5 rings (SSSR count). The third-order valence-electron chi connectivity index (χ3n) is 5.46.